The van der Waals surface area contributed by atoms with Gasteiger partial charge in [-0.15, -0.1) is 0 Å². The molecule has 0 unspecified atom stereocenters. The molecule has 0 spiro atoms. The first-order valence-electron chi connectivity index (χ1n) is 5.70. The predicted molar refractivity (Wildman–Crippen MR) is 60.4 cm³/mol. The van der Waals surface area contributed by atoms with Gasteiger partial charge < -0.3 is 9.84 Å². The summed E-state index contributed by atoms with van der Waals surface area (Å²) >= 11 is 0. The summed E-state index contributed by atoms with van der Waals surface area (Å²) in [7, 11) is 0. The zero-order valence-electron chi connectivity index (χ0n) is 9.42. The predicted octanol–water partition coefficient (Wildman–Crippen LogP) is 3.28. The molecule has 2 nitrogen and oxygen atoms in total. The van der Waals surface area contributed by atoms with E-state index in [0.29, 0.717) is 0 Å². The smallest absolute Gasteiger partial charge is 0.127 e. The monoisotopic (exact) mass is 206 g/mol. The third-order valence-electron chi connectivity index (χ3n) is 3.52. The molecule has 0 aliphatic carbocycles. The van der Waals surface area contributed by atoms with Crippen LogP contribution < -0.4 is 4.74 Å². The second-order valence-electron chi connectivity index (χ2n) is 4.28. The SMILES string of the molecule is CCC1(CC)CCc2ccc(O)cc2O1. The van der Waals surface area contributed by atoms with Gasteiger partial charge >= 0.3 is 0 Å². The Morgan fingerprint density at radius 1 is 1.33 bits per heavy atom. The molecule has 1 N–H and O–H groups in total. The van der Waals surface area contributed by atoms with Crippen LogP contribution in [0.2, 0.25) is 0 Å². The molecular weight excluding hydrogens is 188 g/mol. The summed E-state index contributed by atoms with van der Waals surface area (Å²) in [5.41, 5.74) is 1.20. The molecule has 0 bridgehead atoms. The van der Waals surface area contributed by atoms with E-state index in [0.717, 1.165) is 31.4 Å². The zero-order chi connectivity index (χ0) is 10.9. The zero-order valence-corrected chi connectivity index (χ0v) is 9.42. The lowest BCUT2D eigenvalue weighted by Gasteiger charge is -2.37. The van der Waals surface area contributed by atoms with Crippen LogP contribution in [0.3, 0.4) is 0 Å². The van der Waals surface area contributed by atoms with Crippen molar-refractivity contribution < 1.29 is 9.84 Å². The summed E-state index contributed by atoms with van der Waals surface area (Å²) < 4.78 is 6.04. The molecule has 0 saturated heterocycles. The number of benzene rings is 1. The van der Waals surface area contributed by atoms with E-state index < -0.39 is 0 Å². The van der Waals surface area contributed by atoms with Crippen molar-refractivity contribution in [3.63, 3.8) is 0 Å². The van der Waals surface area contributed by atoms with Gasteiger partial charge in [-0.1, -0.05) is 19.9 Å². The number of phenolic OH excluding ortho intramolecular Hbond substituents is 1. The van der Waals surface area contributed by atoms with E-state index >= 15 is 0 Å². The van der Waals surface area contributed by atoms with E-state index in [-0.39, 0.29) is 11.4 Å². The van der Waals surface area contributed by atoms with E-state index in [4.69, 9.17) is 4.74 Å². The van der Waals surface area contributed by atoms with Gasteiger partial charge in [0, 0.05) is 6.07 Å². The Bertz CT molecular complexity index is 354. The van der Waals surface area contributed by atoms with E-state index in [1.807, 2.05) is 6.07 Å². The number of hydrogen-bond donors (Lipinski definition) is 1. The van der Waals surface area contributed by atoms with Gasteiger partial charge in [-0.25, -0.2) is 0 Å². The van der Waals surface area contributed by atoms with E-state index in [2.05, 4.69) is 13.8 Å². The normalized spacial score (nSPS) is 18.0. The third kappa shape index (κ3) is 1.81. The first-order chi connectivity index (χ1) is 7.19. The van der Waals surface area contributed by atoms with Crippen LogP contribution in [0.5, 0.6) is 11.5 Å². The van der Waals surface area contributed by atoms with Gasteiger partial charge in [-0.05, 0) is 37.3 Å². The number of fused-ring (bicyclic) bond motifs is 1. The fraction of sp³-hybridized carbons (Fsp3) is 0.538. The van der Waals surface area contributed by atoms with Gasteiger partial charge in [0.15, 0.2) is 0 Å². The van der Waals surface area contributed by atoms with Crippen molar-refractivity contribution >= 4 is 0 Å². The summed E-state index contributed by atoms with van der Waals surface area (Å²) in [6.07, 6.45) is 4.19. The fourth-order valence-corrected chi connectivity index (χ4v) is 2.24. The average molecular weight is 206 g/mol. The van der Waals surface area contributed by atoms with Gasteiger partial charge in [0.1, 0.15) is 17.1 Å². The van der Waals surface area contributed by atoms with Crippen LogP contribution in [0, 0.1) is 0 Å². The van der Waals surface area contributed by atoms with Crippen molar-refractivity contribution in [3.8, 4) is 11.5 Å². The van der Waals surface area contributed by atoms with Crippen molar-refractivity contribution in [2.45, 2.75) is 45.1 Å². The van der Waals surface area contributed by atoms with Crippen molar-refractivity contribution in [1.29, 1.82) is 0 Å². The van der Waals surface area contributed by atoms with Crippen LogP contribution in [0.25, 0.3) is 0 Å². The molecule has 1 aliphatic rings. The minimum absolute atomic E-state index is 0.0131. The molecule has 0 aromatic heterocycles. The summed E-state index contributed by atoms with van der Waals surface area (Å²) in [5, 5.41) is 9.42. The molecule has 0 amide bonds. The molecule has 15 heavy (non-hydrogen) atoms. The number of ether oxygens (including phenoxy) is 1. The average Bonchev–Trinajstić information content (AvgIpc) is 2.28. The van der Waals surface area contributed by atoms with Crippen molar-refractivity contribution in [2.75, 3.05) is 0 Å². The van der Waals surface area contributed by atoms with Crippen LogP contribution in [0.4, 0.5) is 0 Å². The van der Waals surface area contributed by atoms with E-state index in [1.54, 1.807) is 12.1 Å². The van der Waals surface area contributed by atoms with Gasteiger partial charge in [-0.3, -0.25) is 0 Å². The Balaban J connectivity index is 2.32. The lowest BCUT2D eigenvalue weighted by molar-refractivity contribution is 0.0381. The van der Waals surface area contributed by atoms with Crippen LogP contribution in [0.1, 0.15) is 38.7 Å². The first kappa shape index (κ1) is 10.3. The molecule has 1 aliphatic heterocycles. The topological polar surface area (TPSA) is 29.5 Å². The minimum atomic E-state index is -0.0131. The lowest BCUT2D eigenvalue weighted by Crippen LogP contribution is -2.38. The maximum Gasteiger partial charge on any atom is 0.127 e. The molecule has 0 radical (unpaired) electrons. The van der Waals surface area contributed by atoms with Crippen LogP contribution in [-0.4, -0.2) is 10.7 Å². The quantitative estimate of drug-likeness (QED) is 0.804. The second-order valence-corrected chi connectivity index (χ2v) is 4.28. The van der Waals surface area contributed by atoms with Crippen LogP contribution >= 0.6 is 0 Å². The number of rotatable bonds is 2. The third-order valence-corrected chi connectivity index (χ3v) is 3.52. The molecule has 2 rings (SSSR count). The Morgan fingerprint density at radius 2 is 2.07 bits per heavy atom. The highest BCUT2D eigenvalue weighted by Gasteiger charge is 2.32. The molecule has 82 valence electrons. The van der Waals surface area contributed by atoms with E-state index in [1.165, 1.54) is 5.56 Å². The maximum atomic E-state index is 9.42. The fourth-order valence-electron chi connectivity index (χ4n) is 2.24. The number of aromatic hydroxyl groups is 1. The first-order valence-corrected chi connectivity index (χ1v) is 5.70. The highest BCUT2D eigenvalue weighted by molar-refractivity contribution is 5.42. The Hall–Kier alpha value is -1.18. The summed E-state index contributed by atoms with van der Waals surface area (Å²) in [6.45, 7) is 4.33. The highest BCUT2D eigenvalue weighted by Crippen LogP contribution is 2.38. The molecule has 1 aromatic carbocycles. The molecule has 1 heterocycles. The number of phenols is 1. The molecule has 0 atom stereocenters. The highest BCUT2D eigenvalue weighted by atomic mass is 16.5. The lowest BCUT2D eigenvalue weighted by atomic mass is 9.87. The summed E-state index contributed by atoms with van der Waals surface area (Å²) in [5.74, 6) is 1.15. The number of hydrogen-bond acceptors (Lipinski definition) is 2. The largest absolute Gasteiger partial charge is 0.508 e. The van der Waals surface area contributed by atoms with Gasteiger partial charge in [0.05, 0.1) is 0 Å². The van der Waals surface area contributed by atoms with Crippen LogP contribution in [-0.2, 0) is 6.42 Å². The molecule has 2 heteroatoms. The van der Waals surface area contributed by atoms with Crippen molar-refractivity contribution in [3.05, 3.63) is 23.8 Å². The Labute approximate surface area is 90.9 Å². The molecule has 0 saturated carbocycles. The van der Waals surface area contributed by atoms with Crippen molar-refractivity contribution in [1.82, 2.24) is 0 Å². The Morgan fingerprint density at radius 3 is 2.73 bits per heavy atom. The maximum absolute atomic E-state index is 9.42. The van der Waals surface area contributed by atoms with Crippen LogP contribution in [0.15, 0.2) is 18.2 Å². The molecular formula is C13H18O2. The second kappa shape index (κ2) is 3.76. The molecule has 1 aromatic rings. The van der Waals surface area contributed by atoms with Gasteiger partial charge in [0.2, 0.25) is 0 Å². The summed E-state index contributed by atoms with van der Waals surface area (Å²) in [6, 6.07) is 5.42. The summed E-state index contributed by atoms with van der Waals surface area (Å²) in [4.78, 5) is 0. The molecule has 0 fully saturated rings. The standard InChI is InChI=1S/C13H18O2/c1-3-13(4-2)8-7-10-5-6-11(14)9-12(10)15-13/h5-6,9,14H,3-4,7-8H2,1-2H3. The van der Waals surface area contributed by atoms with Gasteiger partial charge in [-0.2, -0.15) is 0 Å². The minimum Gasteiger partial charge on any atom is -0.508 e. The Kier molecular flexibility index (Phi) is 2.59. The van der Waals surface area contributed by atoms with E-state index in [9.17, 15) is 5.11 Å². The van der Waals surface area contributed by atoms with Crippen molar-refractivity contribution in [2.24, 2.45) is 0 Å². The van der Waals surface area contributed by atoms with Gasteiger partial charge in [0.25, 0.3) is 0 Å². The number of aryl methyl sites for hydroxylation is 1.